The van der Waals surface area contributed by atoms with Crippen LogP contribution < -0.4 is 11.1 Å². The van der Waals surface area contributed by atoms with Gasteiger partial charge >= 0.3 is 11.9 Å². The molecule has 0 spiro atoms. The lowest BCUT2D eigenvalue weighted by molar-refractivity contribution is -0.149. The first kappa shape index (κ1) is 24.6. The highest BCUT2D eigenvalue weighted by molar-refractivity contribution is 5.95. The number of aliphatic carboxylic acids is 2. The van der Waals surface area contributed by atoms with Crippen LogP contribution in [0.4, 0.5) is 0 Å². The molecule has 0 saturated carbocycles. The molecule has 2 fully saturated rings. The Morgan fingerprint density at radius 2 is 1.58 bits per heavy atom. The van der Waals surface area contributed by atoms with E-state index in [1.807, 2.05) is 13.8 Å². The van der Waals surface area contributed by atoms with Gasteiger partial charge in [-0.15, -0.1) is 0 Å². The zero-order valence-corrected chi connectivity index (χ0v) is 18.0. The zero-order chi connectivity index (χ0) is 23.3. The van der Waals surface area contributed by atoms with Gasteiger partial charge in [0, 0.05) is 13.1 Å². The number of rotatable bonds is 9. The van der Waals surface area contributed by atoms with E-state index < -0.39 is 54.3 Å². The molecule has 4 unspecified atom stereocenters. The van der Waals surface area contributed by atoms with Crippen molar-refractivity contribution < 1.29 is 34.2 Å². The summed E-state index contributed by atoms with van der Waals surface area (Å²) in [5.41, 5.74) is 5.70. The van der Waals surface area contributed by atoms with E-state index in [0.717, 1.165) is 0 Å². The topological polar surface area (TPSA) is 170 Å². The SMILES string of the molecule is CC(C)CC(NC(=O)C1CCCN1C(=O)C1CCCN1C(=O)C(N)CC(=O)O)C(=O)O. The summed E-state index contributed by atoms with van der Waals surface area (Å²) in [5, 5.41) is 20.8. The quantitative estimate of drug-likeness (QED) is 0.368. The fourth-order valence-electron chi connectivity index (χ4n) is 4.23. The van der Waals surface area contributed by atoms with Crippen molar-refractivity contribution in [3.8, 4) is 0 Å². The van der Waals surface area contributed by atoms with Crippen LogP contribution in [0.1, 0.15) is 52.4 Å². The third kappa shape index (κ3) is 6.16. The highest BCUT2D eigenvalue weighted by atomic mass is 16.4. The summed E-state index contributed by atoms with van der Waals surface area (Å²) in [4.78, 5) is 63.6. The molecule has 2 rings (SSSR count). The summed E-state index contributed by atoms with van der Waals surface area (Å²) in [6.45, 7) is 4.34. The lowest BCUT2D eigenvalue weighted by Crippen LogP contribution is -2.56. The Kier molecular flexibility index (Phi) is 8.37. The minimum absolute atomic E-state index is 0.0655. The van der Waals surface area contributed by atoms with Crippen LogP contribution in [-0.4, -0.2) is 86.9 Å². The Bertz CT molecular complexity index is 726. The molecule has 11 heteroatoms. The van der Waals surface area contributed by atoms with Crippen LogP contribution in [0.5, 0.6) is 0 Å². The molecule has 2 aliphatic rings. The minimum atomic E-state index is -1.24. The number of hydrogen-bond donors (Lipinski definition) is 4. The van der Waals surface area contributed by atoms with E-state index in [-0.39, 0.29) is 18.2 Å². The third-order valence-electron chi connectivity index (χ3n) is 5.69. The number of carboxylic acids is 2. The Morgan fingerprint density at radius 1 is 1.00 bits per heavy atom. The first-order valence-electron chi connectivity index (χ1n) is 10.6. The summed E-state index contributed by atoms with van der Waals surface area (Å²) in [5.74, 6) is -3.76. The van der Waals surface area contributed by atoms with E-state index >= 15 is 0 Å². The van der Waals surface area contributed by atoms with Crippen LogP contribution in [-0.2, 0) is 24.0 Å². The fraction of sp³-hybridized carbons (Fsp3) is 0.750. The molecule has 31 heavy (non-hydrogen) atoms. The Morgan fingerprint density at radius 3 is 2.13 bits per heavy atom. The summed E-state index contributed by atoms with van der Waals surface area (Å²) < 4.78 is 0. The van der Waals surface area contributed by atoms with Crippen molar-refractivity contribution >= 4 is 29.7 Å². The molecule has 174 valence electrons. The monoisotopic (exact) mass is 440 g/mol. The second kappa shape index (κ2) is 10.6. The first-order chi connectivity index (χ1) is 14.5. The van der Waals surface area contributed by atoms with Crippen LogP contribution in [0.15, 0.2) is 0 Å². The normalized spacial score (nSPS) is 23.0. The summed E-state index contributed by atoms with van der Waals surface area (Å²) >= 11 is 0. The third-order valence-corrected chi connectivity index (χ3v) is 5.69. The Balaban J connectivity index is 2.09. The molecule has 0 aromatic carbocycles. The van der Waals surface area contributed by atoms with Crippen LogP contribution >= 0.6 is 0 Å². The van der Waals surface area contributed by atoms with Crippen LogP contribution in [0.25, 0.3) is 0 Å². The smallest absolute Gasteiger partial charge is 0.326 e. The predicted octanol–water partition coefficient (Wildman–Crippen LogP) is -0.614. The molecular formula is C20H32N4O7. The van der Waals surface area contributed by atoms with E-state index in [2.05, 4.69) is 5.32 Å². The largest absolute Gasteiger partial charge is 0.481 e. The van der Waals surface area contributed by atoms with Gasteiger partial charge in [-0.2, -0.15) is 0 Å². The summed E-state index contributed by atoms with van der Waals surface area (Å²) in [6.07, 6.45) is 1.71. The van der Waals surface area contributed by atoms with E-state index in [1.165, 1.54) is 9.80 Å². The molecule has 2 saturated heterocycles. The summed E-state index contributed by atoms with van der Waals surface area (Å²) in [7, 11) is 0. The molecule has 5 N–H and O–H groups in total. The number of amides is 3. The second-order valence-corrected chi connectivity index (χ2v) is 8.61. The van der Waals surface area contributed by atoms with Gasteiger partial charge in [0.1, 0.15) is 18.1 Å². The molecule has 3 amide bonds. The molecule has 2 aliphatic heterocycles. The number of carbonyl (C=O) groups excluding carboxylic acids is 3. The van der Waals surface area contributed by atoms with Gasteiger partial charge in [0.25, 0.3) is 0 Å². The van der Waals surface area contributed by atoms with Gasteiger partial charge in [-0.25, -0.2) is 4.79 Å². The van der Waals surface area contributed by atoms with Gasteiger partial charge in [0.15, 0.2) is 0 Å². The van der Waals surface area contributed by atoms with Gasteiger partial charge in [0.2, 0.25) is 17.7 Å². The predicted molar refractivity (Wildman–Crippen MR) is 109 cm³/mol. The maximum absolute atomic E-state index is 13.2. The first-order valence-corrected chi connectivity index (χ1v) is 10.6. The van der Waals surface area contributed by atoms with Crippen molar-refractivity contribution in [1.29, 1.82) is 0 Å². The van der Waals surface area contributed by atoms with E-state index in [0.29, 0.717) is 38.8 Å². The molecule has 11 nitrogen and oxygen atoms in total. The molecule has 0 aromatic rings. The lowest BCUT2D eigenvalue weighted by Gasteiger charge is -2.32. The van der Waals surface area contributed by atoms with Gasteiger partial charge in [0.05, 0.1) is 12.5 Å². The maximum Gasteiger partial charge on any atom is 0.326 e. The Labute approximate surface area is 180 Å². The van der Waals surface area contributed by atoms with Gasteiger partial charge < -0.3 is 31.1 Å². The fourth-order valence-corrected chi connectivity index (χ4v) is 4.23. The lowest BCUT2D eigenvalue weighted by atomic mass is 10.0. The van der Waals surface area contributed by atoms with Crippen molar-refractivity contribution in [2.75, 3.05) is 13.1 Å². The van der Waals surface area contributed by atoms with Crippen molar-refractivity contribution in [2.45, 2.75) is 76.5 Å². The van der Waals surface area contributed by atoms with Crippen molar-refractivity contribution in [3.63, 3.8) is 0 Å². The number of hydrogen-bond acceptors (Lipinski definition) is 6. The van der Waals surface area contributed by atoms with Gasteiger partial charge in [-0.05, 0) is 38.0 Å². The average molecular weight is 440 g/mol. The van der Waals surface area contributed by atoms with Gasteiger partial charge in [-0.3, -0.25) is 19.2 Å². The molecular weight excluding hydrogens is 408 g/mol. The van der Waals surface area contributed by atoms with Gasteiger partial charge in [-0.1, -0.05) is 13.8 Å². The van der Waals surface area contributed by atoms with E-state index in [9.17, 15) is 29.1 Å². The molecule has 0 bridgehead atoms. The second-order valence-electron chi connectivity index (χ2n) is 8.61. The summed E-state index contributed by atoms with van der Waals surface area (Å²) in [6, 6.07) is -3.88. The molecule has 4 atom stereocenters. The van der Waals surface area contributed by atoms with Crippen molar-refractivity contribution in [3.05, 3.63) is 0 Å². The van der Waals surface area contributed by atoms with Crippen LogP contribution in [0.2, 0.25) is 0 Å². The highest BCUT2D eigenvalue weighted by Gasteiger charge is 2.43. The molecule has 0 radical (unpaired) electrons. The van der Waals surface area contributed by atoms with Crippen LogP contribution in [0.3, 0.4) is 0 Å². The Hall–Kier alpha value is -2.69. The van der Waals surface area contributed by atoms with E-state index in [4.69, 9.17) is 10.8 Å². The number of likely N-dealkylation sites (tertiary alicyclic amines) is 2. The number of nitrogens with one attached hydrogen (secondary N) is 1. The van der Waals surface area contributed by atoms with Crippen LogP contribution in [0, 0.1) is 5.92 Å². The van der Waals surface area contributed by atoms with E-state index in [1.54, 1.807) is 0 Å². The number of carboxylic acid groups (broad SMARTS) is 2. The van der Waals surface area contributed by atoms with Crippen molar-refractivity contribution in [2.24, 2.45) is 11.7 Å². The number of nitrogens with two attached hydrogens (primary N) is 1. The molecule has 0 aromatic heterocycles. The molecule has 2 heterocycles. The maximum atomic E-state index is 13.2. The minimum Gasteiger partial charge on any atom is -0.481 e. The number of carbonyl (C=O) groups is 5. The number of nitrogens with zero attached hydrogens (tertiary/aromatic N) is 2. The molecule has 0 aliphatic carbocycles. The standard InChI is InChI=1S/C20H32N4O7/c1-11(2)9-13(20(30)31)22-17(27)14-5-3-7-23(14)19(29)15-6-4-8-24(15)18(28)12(21)10-16(25)26/h11-15H,3-10,21H2,1-2H3,(H,22,27)(H,25,26)(H,30,31). The highest BCUT2D eigenvalue weighted by Crippen LogP contribution is 2.26. The zero-order valence-electron chi connectivity index (χ0n) is 18.0. The van der Waals surface area contributed by atoms with Crippen molar-refractivity contribution in [1.82, 2.24) is 15.1 Å². The average Bonchev–Trinajstić information content (AvgIpc) is 3.34.